The molecule has 0 aliphatic carbocycles. The van der Waals surface area contributed by atoms with Crippen LogP contribution in [0.5, 0.6) is 0 Å². The van der Waals surface area contributed by atoms with Crippen LogP contribution in [-0.4, -0.2) is 49.8 Å². The number of allylic oxidation sites excluding steroid dienone is 1. The molecule has 0 saturated heterocycles. The van der Waals surface area contributed by atoms with E-state index in [9.17, 15) is 40.7 Å². The van der Waals surface area contributed by atoms with Gasteiger partial charge in [-0.2, -0.15) is 26.3 Å². The normalized spacial score (nSPS) is 15.8. The van der Waals surface area contributed by atoms with Gasteiger partial charge in [-0.05, 0) is 49.2 Å². The number of halogens is 6. The lowest BCUT2D eigenvalue weighted by Gasteiger charge is -2.35. The first-order chi connectivity index (χ1) is 19.6. The minimum absolute atomic E-state index is 0.0190. The number of nitrogens with one attached hydrogen (secondary N) is 3. The lowest BCUT2D eigenvalue weighted by molar-refractivity contribution is -0.143. The van der Waals surface area contributed by atoms with E-state index < -0.39 is 53.2 Å². The van der Waals surface area contributed by atoms with Gasteiger partial charge in [0.2, 0.25) is 0 Å². The fourth-order valence-corrected chi connectivity index (χ4v) is 4.16. The van der Waals surface area contributed by atoms with E-state index in [1.54, 1.807) is 6.92 Å². The number of carbonyl (C=O) groups is 3. The fraction of sp³-hybridized carbons (Fsp3) is 0.370. The van der Waals surface area contributed by atoms with Gasteiger partial charge in [0, 0.05) is 30.7 Å². The second-order valence-corrected chi connectivity index (χ2v) is 9.16. The van der Waals surface area contributed by atoms with Crippen molar-refractivity contribution in [2.75, 3.05) is 37.5 Å². The lowest BCUT2D eigenvalue weighted by Crippen LogP contribution is -2.48. The van der Waals surface area contributed by atoms with Crippen molar-refractivity contribution in [2.24, 2.45) is 0 Å². The summed E-state index contributed by atoms with van der Waals surface area (Å²) in [4.78, 5) is 39.6. The van der Waals surface area contributed by atoms with Crippen LogP contribution >= 0.6 is 0 Å². The third-order valence-corrected chi connectivity index (χ3v) is 6.13. The number of amides is 4. The number of nitrogens with zero attached hydrogens (tertiary/aromatic N) is 1. The van der Waals surface area contributed by atoms with Crippen molar-refractivity contribution in [3.63, 3.8) is 0 Å². The van der Waals surface area contributed by atoms with Crippen LogP contribution < -0.4 is 16.0 Å². The quantitative estimate of drug-likeness (QED) is 0.177. The summed E-state index contributed by atoms with van der Waals surface area (Å²) in [5, 5.41) is 7.06. The molecule has 1 aliphatic rings. The Balaban J connectivity index is 1.82. The molecule has 0 saturated carbocycles. The molecule has 3 N–H and O–H groups in total. The van der Waals surface area contributed by atoms with Crippen molar-refractivity contribution in [3.8, 4) is 0 Å². The molecule has 228 valence electrons. The first-order valence-electron chi connectivity index (χ1n) is 12.6. The molecule has 1 aliphatic heterocycles. The van der Waals surface area contributed by atoms with Gasteiger partial charge in [0.05, 0.1) is 29.3 Å². The molecular weight excluding hydrogens is 574 g/mol. The Bertz CT molecular complexity index is 1310. The predicted octanol–water partition coefficient (Wildman–Crippen LogP) is 6.31. The number of urea groups is 2. The molecule has 0 radical (unpaired) electrons. The van der Waals surface area contributed by atoms with Gasteiger partial charge < -0.3 is 25.4 Å². The van der Waals surface area contributed by atoms with Crippen LogP contribution in [0, 0.1) is 0 Å². The minimum atomic E-state index is -5.08. The van der Waals surface area contributed by atoms with Gasteiger partial charge in [-0.15, -0.1) is 0 Å². The van der Waals surface area contributed by atoms with Crippen LogP contribution in [0.2, 0.25) is 0 Å². The van der Waals surface area contributed by atoms with Crippen LogP contribution in [0.15, 0.2) is 53.7 Å². The van der Waals surface area contributed by atoms with E-state index in [4.69, 9.17) is 9.47 Å². The smallest absolute Gasteiger partial charge is 0.416 e. The Morgan fingerprint density at radius 3 is 2.02 bits per heavy atom. The highest BCUT2D eigenvalue weighted by Gasteiger charge is 2.38. The van der Waals surface area contributed by atoms with Crippen LogP contribution in [-0.2, 0) is 26.6 Å². The number of hydrogen-bond acceptors (Lipinski definition) is 5. The maximum absolute atomic E-state index is 13.1. The van der Waals surface area contributed by atoms with Crippen LogP contribution in [0.3, 0.4) is 0 Å². The largest absolute Gasteiger partial charge is 0.460 e. The Kier molecular flexibility index (Phi) is 10.1. The van der Waals surface area contributed by atoms with Crippen molar-refractivity contribution in [3.05, 3.63) is 70.4 Å². The summed E-state index contributed by atoms with van der Waals surface area (Å²) in [6.07, 6.45) is -9.52. The number of ether oxygens (including phenoxy) is 2. The molecule has 1 atom stereocenters. The standard InChI is InChI=1S/C27H28F6N4O5/c1-4-9-37-15(2)21(23(38)42-11-10-41-3)22(36-25(37)40)16-5-7-19(8-6-16)34-24(39)35-20-13-17(26(28,29)30)12-18(14-20)27(31,32)33/h5-8,12-14,22H,4,9-11H2,1-3H3,(H,36,40)(H2,34,35,39). The van der Waals surface area contributed by atoms with Crippen molar-refractivity contribution in [1.29, 1.82) is 0 Å². The summed E-state index contributed by atoms with van der Waals surface area (Å²) in [5.74, 6) is -0.670. The molecule has 0 bridgehead atoms. The topological polar surface area (TPSA) is 109 Å². The van der Waals surface area contributed by atoms with E-state index in [2.05, 4.69) is 10.6 Å². The monoisotopic (exact) mass is 602 g/mol. The first kappa shape index (κ1) is 32.2. The molecule has 9 nitrogen and oxygen atoms in total. The molecule has 2 aromatic carbocycles. The van der Waals surface area contributed by atoms with Gasteiger partial charge in [-0.1, -0.05) is 19.1 Å². The van der Waals surface area contributed by atoms with E-state index in [1.807, 2.05) is 12.2 Å². The molecular formula is C27H28F6N4O5. The second-order valence-electron chi connectivity index (χ2n) is 9.16. The molecule has 2 aromatic rings. The number of alkyl halides is 6. The second kappa shape index (κ2) is 13.1. The van der Waals surface area contributed by atoms with Crippen molar-refractivity contribution < 1.29 is 50.2 Å². The van der Waals surface area contributed by atoms with Gasteiger partial charge in [-0.3, -0.25) is 4.90 Å². The van der Waals surface area contributed by atoms with E-state index in [0.29, 0.717) is 36.4 Å². The predicted molar refractivity (Wildman–Crippen MR) is 139 cm³/mol. The number of hydrogen-bond donors (Lipinski definition) is 3. The average Bonchev–Trinajstić information content (AvgIpc) is 2.90. The fourth-order valence-electron chi connectivity index (χ4n) is 4.16. The zero-order chi connectivity index (χ0) is 31.2. The highest BCUT2D eigenvalue weighted by molar-refractivity contribution is 6.00. The van der Waals surface area contributed by atoms with Crippen LogP contribution in [0.1, 0.15) is 43.0 Å². The zero-order valence-corrected chi connectivity index (χ0v) is 22.7. The molecule has 0 spiro atoms. The average molecular weight is 603 g/mol. The zero-order valence-electron chi connectivity index (χ0n) is 22.7. The number of esters is 1. The summed E-state index contributed by atoms with van der Waals surface area (Å²) in [5.41, 5.74) is -2.73. The highest BCUT2D eigenvalue weighted by atomic mass is 19.4. The minimum Gasteiger partial charge on any atom is -0.460 e. The summed E-state index contributed by atoms with van der Waals surface area (Å²) < 4.78 is 88.9. The van der Waals surface area contributed by atoms with E-state index in [0.717, 1.165) is 0 Å². The SMILES string of the molecule is CCCN1C(=O)NC(c2ccc(NC(=O)Nc3cc(C(F)(F)F)cc(C(F)(F)F)c3)cc2)C(C(=O)OCCOC)=C1C. The van der Waals surface area contributed by atoms with Gasteiger partial charge in [0.15, 0.2) is 0 Å². The Hall–Kier alpha value is -4.27. The molecule has 1 unspecified atom stereocenters. The summed E-state index contributed by atoms with van der Waals surface area (Å²) in [6.45, 7) is 3.98. The number of anilines is 2. The van der Waals surface area contributed by atoms with Gasteiger partial charge in [0.1, 0.15) is 6.61 Å². The van der Waals surface area contributed by atoms with Crippen LogP contribution in [0.25, 0.3) is 0 Å². The summed E-state index contributed by atoms with van der Waals surface area (Å²) in [6, 6.07) is 4.01. The van der Waals surface area contributed by atoms with Crippen molar-refractivity contribution in [2.45, 2.75) is 38.7 Å². The molecule has 3 rings (SSSR count). The molecule has 42 heavy (non-hydrogen) atoms. The first-order valence-corrected chi connectivity index (χ1v) is 12.6. The Morgan fingerprint density at radius 1 is 0.929 bits per heavy atom. The van der Waals surface area contributed by atoms with Crippen LogP contribution in [0.4, 0.5) is 47.3 Å². The van der Waals surface area contributed by atoms with E-state index in [-0.39, 0.29) is 30.5 Å². The van der Waals surface area contributed by atoms with Gasteiger partial charge in [-0.25, -0.2) is 14.4 Å². The number of benzene rings is 2. The number of carbonyl (C=O) groups excluding carboxylic acids is 3. The Labute approximate surface area is 236 Å². The molecule has 4 amide bonds. The highest BCUT2D eigenvalue weighted by Crippen LogP contribution is 2.38. The summed E-state index contributed by atoms with van der Waals surface area (Å²) in [7, 11) is 1.44. The Morgan fingerprint density at radius 2 is 1.50 bits per heavy atom. The third kappa shape index (κ3) is 7.93. The number of rotatable bonds is 9. The van der Waals surface area contributed by atoms with E-state index >= 15 is 0 Å². The third-order valence-electron chi connectivity index (χ3n) is 6.13. The van der Waals surface area contributed by atoms with E-state index in [1.165, 1.54) is 36.3 Å². The molecule has 1 heterocycles. The molecule has 0 fully saturated rings. The summed E-state index contributed by atoms with van der Waals surface area (Å²) >= 11 is 0. The molecule has 0 aromatic heterocycles. The number of methoxy groups -OCH3 is 1. The van der Waals surface area contributed by atoms with Gasteiger partial charge in [0.25, 0.3) is 0 Å². The van der Waals surface area contributed by atoms with Crippen molar-refractivity contribution in [1.82, 2.24) is 10.2 Å². The molecule has 15 heteroatoms. The van der Waals surface area contributed by atoms with Gasteiger partial charge >= 0.3 is 30.4 Å². The lowest BCUT2D eigenvalue weighted by atomic mass is 9.94. The maximum atomic E-state index is 13.1. The maximum Gasteiger partial charge on any atom is 0.416 e. The van der Waals surface area contributed by atoms with Crippen molar-refractivity contribution >= 4 is 29.4 Å².